The molecule has 0 saturated carbocycles. The van der Waals surface area contributed by atoms with Gasteiger partial charge in [-0.25, -0.2) is 0 Å². The summed E-state index contributed by atoms with van der Waals surface area (Å²) in [6, 6.07) is 14.0. The van der Waals surface area contributed by atoms with E-state index in [1.54, 1.807) is 69.3 Å². The molecular weight excluding hydrogens is 428 g/mol. The van der Waals surface area contributed by atoms with E-state index >= 15 is 0 Å². The topological polar surface area (TPSA) is 120 Å². The van der Waals surface area contributed by atoms with Gasteiger partial charge in [-0.3, -0.25) is 9.59 Å². The van der Waals surface area contributed by atoms with Gasteiger partial charge in [-0.15, -0.1) is 0 Å². The molecule has 1 aromatic heterocycles. The first-order chi connectivity index (χ1) is 15.1. The predicted octanol–water partition coefficient (Wildman–Crippen LogP) is 3.50. The number of hydrogen-bond donors (Lipinski definition) is 2. The van der Waals surface area contributed by atoms with E-state index in [9.17, 15) is 9.59 Å². The van der Waals surface area contributed by atoms with Crippen molar-refractivity contribution in [2.24, 2.45) is 5.73 Å². The van der Waals surface area contributed by atoms with Gasteiger partial charge in [-0.1, -0.05) is 41.6 Å². The van der Waals surface area contributed by atoms with Crippen molar-refractivity contribution in [3.63, 3.8) is 0 Å². The maximum absolute atomic E-state index is 12.5. The second-order valence-corrected chi connectivity index (χ2v) is 8.48. The van der Waals surface area contributed by atoms with Gasteiger partial charge in [-0.05, 0) is 45.0 Å². The summed E-state index contributed by atoms with van der Waals surface area (Å²) in [6.45, 7) is 5.56. The Balaban J connectivity index is 1.65. The van der Waals surface area contributed by atoms with Crippen molar-refractivity contribution in [3.05, 3.63) is 59.7 Å². The summed E-state index contributed by atoms with van der Waals surface area (Å²) in [4.78, 5) is 29.0. The molecule has 0 saturated heterocycles. The first-order valence-corrected chi connectivity index (χ1v) is 10.4. The number of nitrogens with two attached hydrogens (primary N) is 1. The summed E-state index contributed by atoms with van der Waals surface area (Å²) in [5.74, 6) is 0.00296. The molecule has 2 aromatic carbocycles. The Morgan fingerprint density at radius 2 is 1.81 bits per heavy atom. The zero-order valence-corrected chi connectivity index (χ0v) is 18.9. The highest BCUT2D eigenvalue weighted by atomic mass is 32.1. The van der Waals surface area contributed by atoms with Crippen LogP contribution in [0.2, 0.25) is 0 Å². The molecule has 3 N–H and O–H groups in total. The van der Waals surface area contributed by atoms with Crippen LogP contribution < -0.4 is 11.1 Å². The molecule has 0 radical (unpaired) electrons. The van der Waals surface area contributed by atoms with Gasteiger partial charge >= 0.3 is 5.97 Å². The Bertz CT molecular complexity index is 1130. The van der Waals surface area contributed by atoms with Crippen LogP contribution in [0.5, 0.6) is 0 Å². The SMILES string of the molecule is CC(C)(C)OC(=O)CCNC(=O)c1cccc(-c2noc(-c3ccc(C(N)=S)cc3)n2)c1. The van der Waals surface area contributed by atoms with Crippen molar-refractivity contribution in [2.45, 2.75) is 32.8 Å². The van der Waals surface area contributed by atoms with Gasteiger partial charge in [0.1, 0.15) is 10.6 Å². The van der Waals surface area contributed by atoms with Crippen molar-refractivity contribution in [1.82, 2.24) is 15.5 Å². The van der Waals surface area contributed by atoms with E-state index in [-0.39, 0.29) is 24.8 Å². The summed E-state index contributed by atoms with van der Waals surface area (Å²) in [5.41, 5.74) is 7.56. The molecule has 0 atom stereocenters. The lowest BCUT2D eigenvalue weighted by Gasteiger charge is -2.19. The van der Waals surface area contributed by atoms with E-state index in [1.165, 1.54) is 0 Å². The van der Waals surface area contributed by atoms with Crippen LogP contribution in [0.25, 0.3) is 22.8 Å². The molecule has 0 bridgehead atoms. The summed E-state index contributed by atoms with van der Waals surface area (Å²) in [5, 5.41) is 6.73. The number of rotatable bonds is 7. The Morgan fingerprint density at radius 1 is 1.09 bits per heavy atom. The van der Waals surface area contributed by atoms with Gasteiger partial charge in [-0.2, -0.15) is 4.98 Å². The molecule has 1 heterocycles. The summed E-state index contributed by atoms with van der Waals surface area (Å²) >= 11 is 4.95. The van der Waals surface area contributed by atoms with Crippen molar-refractivity contribution < 1.29 is 18.8 Å². The fraction of sp³-hybridized carbons (Fsp3) is 0.261. The summed E-state index contributed by atoms with van der Waals surface area (Å²) in [6.07, 6.45) is 0.0879. The fourth-order valence-corrected chi connectivity index (χ4v) is 2.94. The number of thiocarbonyl (C=S) groups is 1. The molecule has 1 amide bonds. The number of hydrogen-bond acceptors (Lipinski definition) is 7. The molecule has 9 heteroatoms. The van der Waals surface area contributed by atoms with Crippen LogP contribution >= 0.6 is 12.2 Å². The van der Waals surface area contributed by atoms with Crippen LogP contribution in [-0.2, 0) is 9.53 Å². The smallest absolute Gasteiger partial charge is 0.308 e. The third-order valence-electron chi connectivity index (χ3n) is 4.26. The molecule has 0 aliphatic heterocycles. The molecule has 0 unspecified atom stereocenters. The second kappa shape index (κ2) is 9.69. The standard InChI is InChI=1S/C23H24N4O4S/c1-23(2,3)30-18(28)11-12-25-21(29)17-6-4-5-16(13-17)20-26-22(31-27-20)15-9-7-14(8-10-15)19(24)32/h4-10,13H,11-12H2,1-3H3,(H2,24,32)(H,25,29). The van der Waals surface area contributed by atoms with Gasteiger partial charge in [0.25, 0.3) is 11.8 Å². The van der Waals surface area contributed by atoms with Gasteiger partial charge in [0, 0.05) is 28.8 Å². The Morgan fingerprint density at radius 3 is 2.47 bits per heavy atom. The lowest BCUT2D eigenvalue weighted by Crippen LogP contribution is -2.29. The molecule has 166 valence electrons. The lowest BCUT2D eigenvalue weighted by molar-refractivity contribution is -0.154. The highest BCUT2D eigenvalue weighted by Crippen LogP contribution is 2.23. The molecular formula is C23H24N4O4S. The average molecular weight is 453 g/mol. The van der Waals surface area contributed by atoms with Crippen molar-refractivity contribution in [3.8, 4) is 22.8 Å². The van der Waals surface area contributed by atoms with Crippen molar-refractivity contribution >= 4 is 29.1 Å². The van der Waals surface area contributed by atoms with Crippen LogP contribution in [0, 0.1) is 0 Å². The molecule has 8 nitrogen and oxygen atoms in total. The molecule has 0 fully saturated rings. The van der Waals surface area contributed by atoms with Crippen molar-refractivity contribution in [1.29, 1.82) is 0 Å². The van der Waals surface area contributed by atoms with E-state index in [0.29, 0.717) is 27.8 Å². The van der Waals surface area contributed by atoms with Crippen LogP contribution in [0.1, 0.15) is 43.1 Å². The molecule has 0 aliphatic rings. The summed E-state index contributed by atoms with van der Waals surface area (Å²) in [7, 11) is 0. The number of carbonyl (C=O) groups is 2. The number of ether oxygens (including phenoxy) is 1. The third kappa shape index (κ3) is 6.21. The quantitative estimate of drug-likeness (QED) is 0.413. The molecule has 0 aliphatic carbocycles. The third-order valence-corrected chi connectivity index (χ3v) is 4.50. The minimum Gasteiger partial charge on any atom is -0.460 e. The van der Waals surface area contributed by atoms with Gasteiger partial charge in [0.15, 0.2) is 0 Å². The van der Waals surface area contributed by atoms with Gasteiger partial charge in [0.2, 0.25) is 5.82 Å². The Kier molecular flexibility index (Phi) is 6.99. The normalized spacial score (nSPS) is 11.1. The highest BCUT2D eigenvalue weighted by molar-refractivity contribution is 7.80. The van der Waals surface area contributed by atoms with E-state index < -0.39 is 5.60 Å². The average Bonchev–Trinajstić information content (AvgIpc) is 3.23. The minimum absolute atomic E-state index is 0.0879. The Labute approximate surface area is 191 Å². The minimum atomic E-state index is -0.557. The van der Waals surface area contributed by atoms with Gasteiger partial charge in [0.05, 0.1) is 6.42 Å². The first kappa shape index (κ1) is 23.1. The maximum Gasteiger partial charge on any atom is 0.308 e. The van der Waals surface area contributed by atoms with E-state index in [0.717, 1.165) is 11.1 Å². The number of nitrogens with zero attached hydrogens (tertiary/aromatic N) is 2. The fourth-order valence-electron chi connectivity index (χ4n) is 2.81. The van der Waals surface area contributed by atoms with E-state index in [2.05, 4.69) is 15.5 Å². The van der Waals surface area contributed by atoms with Crippen LogP contribution in [0.3, 0.4) is 0 Å². The number of benzene rings is 2. The number of amides is 1. The van der Waals surface area contributed by atoms with E-state index in [4.69, 9.17) is 27.2 Å². The predicted molar refractivity (Wildman–Crippen MR) is 124 cm³/mol. The maximum atomic E-state index is 12.5. The number of aromatic nitrogens is 2. The molecule has 32 heavy (non-hydrogen) atoms. The lowest BCUT2D eigenvalue weighted by atomic mass is 10.1. The zero-order chi connectivity index (χ0) is 23.3. The number of esters is 1. The van der Waals surface area contributed by atoms with Crippen molar-refractivity contribution in [2.75, 3.05) is 6.54 Å². The van der Waals surface area contributed by atoms with Crippen LogP contribution in [0.15, 0.2) is 53.1 Å². The van der Waals surface area contributed by atoms with Crippen LogP contribution in [-0.4, -0.2) is 39.2 Å². The monoisotopic (exact) mass is 452 g/mol. The molecule has 0 spiro atoms. The second-order valence-electron chi connectivity index (χ2n) is 8.04. The molecule has 3 rings (SSSR count). The number of carbonyl (C=O) groups excluding carboxylic acids is 2. The Hall–Kier alpha value is -3.59. The van der Waals surface area contributed by atoms with Gasteiger partial charge < -0.3 is 20.3 Å². The number of nitrogens with one attached hydrogen (secondary N) is 1. The largest absolute Gasteiger partial charge is 0.460 e. The first-order valence-electron chi connectivity index (χ1n) is 9.97. The van der Waals surface area contributed by atoms with Crippen LogP contribution in [0.4, 0.5) is 0 Å². The van der Waals surface area contributed by atoms with E-state index in [1.807, 2.05) is 0 Å². The zero-order valence-electron chi connectivity index (χ0n) is 18.0. The highest BCUT2D eigenvalue weighted by Gasteiger charge is 2.17. The summed E-state index contributed by atoms with van der Waals surface area (Å²) < 4.78 is 10.6. The molecule has 3 aromatic rings.